The van der Waals surface area contributed by atoms with Crippen LogP contribution in [0, 0.1) is 0 Å². The van der Waals surface area contributed by atoms with Crippen LogP contribution in [0.4, 0.5) is 0 Å². The van der Waals surface area contributed by atoms with Crippen LogP contribution in [-0.2, 0) is 0 Å². The van der Waals surface area contributed by atoms with Crippen LogP contribution in [0.1, 0.15) is 25.1 Å². The average Bonchev–Trinajstić information content (AvgIpc) is 2.40. The van der Waals surface area contributed by atoms with Gasteiger partial charge in [-0.2, -0.15) is 4.98 Å². The molecule has 0 N–H and O–H groups in total. The maximum atomic E-state index is 5.96. The van der Waals surface area contributed by atoms with Crippen molar-refractivity contribution in [3.05, 3.63) is 54.1 Å². The van der Waals surface area contributed by atoms with E-state index in [0.29, 0.717) is 11.6 Å². The molecule has 2 aromatic rings. The number of benzene rings is 1. The van der Waals surface area contributed by atoms with Gasteiger partial charge in [0.25, 0.3) is 0 Å². The molecular weight excluding hydrogens is 246 g/mol. The van der Waals surface area contributed by atoms with Crippen molar-refractivity contribution in [2.45, 2.75) is 19.3 Å². The minimum absolute atomic E-state index is 0.105. The van der Waals surface area contributed by atoms with Gasteiger partial charge in [0.1, 0.15) is 5.82 Å². The van der Waals surface area contributed by atoms with Gasteiger partial charge in [0.15, 0.2) is 5.82 Å². The third-order valence-corrected chi connectivity index (χ3v) is 2.88. The summed E-state index contributed by atoms with van der Waals surface area (Å²) in [5.74, 6) is 1.38. The van der Waals surface area contributed by atoms with Gasteiger partial charge in [0, 0.05) is 11.5 Å². The van der Waals surface area contributed by atoms with Crippen LogP contribution in [0.25, 0.3) is 11.4 Å². The van der Waals surface area contributed by atoms with Gasteiger partial charge in [0.05, 0.1) is 0 Å². The Morgan fingerprint density at radius 3 is 2.56 bits per heavy atom. The smallest absolute Gasteiger partial charge is 0.212 e. The molecule has 0 radical (unpaired) electrons. The molecule has 4 heteroatoms. The summed E-state index contributed by atoms with van der Waals surface area (Å²) >= 11 is 5.96. The molecule has 1 aromatic heterocycles. The van der Waals surface area contributed by atoms with Crippen molar-refractivity contribution in [3.63, 3.8) is 0 Å². The van der Waals surface area contributed by atoms with Crippen LogP contribution in [-0.4, -0.2) is 15.0 Å². The van der Waals surface area contributed by atoms with Gasteiger partial charge in [-0.1, -0.05) is 43.3 Å². The molecule has 0 saturated heterocycles. The van der Waals surface area contributed by atoms with Crippen LogP contribution < -0.4 is 0 Å². The zero-order valence-corrected chi connectivity index (χ0v) is 10.9. The van der Waals surface area contributed by atoms with Crippen molar-refractivity contribution < 1.29 is 0 Å². The van der Waals surface area contributed by atoms with Gasteiger partial charge in [0.2, 0.25) is 5.28 Å². The minimum atomic E-state index is 0.105. The molecule has 0 spiro atoms. The van der Waals surface area contributed by atoms with Crippen molar-refractivity contribution in [2.24, 2.45) is 0 Å². The molecule has 18 heavy (non-hydrogen) atoms. The first kappa shape index (κ1) is 12.7. The second-order valence-corrected chi connectivity index (χ2v) is 4.24. The van der Waals surface area contributed by atoms with E-state index in [1.165, 1.54) is 0 Å². The Balaban J connectivity index is 2.47. The number of nitrogens with zero attached hydrogens (tertiary/aromatic N) is 3. The third kappa shape index (κ3) is 2.74. The Bertz CT molecular complexity index is 540. The lowest BCUT2D eigenvalue weighted by atomic mass is 10.1. The van der Waals surface area contributed by atoms with E-state index in [4.69, 9.17) is 11.6 Å². The first-order chi connectivity index (χ1) is 8.74. The summed E-state index contributed by atoms with van der Waals surface area (Å²) in [6.07, 6.45) is 2.72. The Hall–Kier alpha value is -1.74. The second kappa shape index (κ2) is 5.74. The molecule has 0 aliphatic heterocycles. The molecule has 0 aliphatic rings. The van der Waals surface area contributed by atoms with Gasteiger partial charge in [-0.15, -0.1) is 6.58 Å². The van der Waals surface area contributed by atoms with Crippen LogP contribution in [0.3, 0.4) is 0 Å². The highest BCUT2D eigenvalue weighted by Gasteiger charge is 2.12. The second-order valence-electron chi connectivity index (χ2n) is 3.90. The van der Waals surface area contributed by atoms with Crippen LogP contribution in [0.2, 0.25) is 5.28 Å². The number of hydrogen-bond acceptors (Lipinski definition) is 3. The lowest BCUT2D eigenvalue weighted by Crippen LogP contribution is -2.04. The summed E-state index contributed by atoms with van der Waals surface area (Å²) in [6, 6.07) is 9.73. The van der Waals surface area contributed by atoms with Crippen molar-refractivity contribution >= 4 is 11.6 Å². The Kier molecular flexibility index (Phi) is 4.05. The Morgan fingerprint density at radius 2 is 1.94 bits per heavy atom. The molecule has 0 fully saturated rings. The molecule has 2 rings (SSSR count). The molecule has 92 valence electrons. The van der Waals surface area contributed by atoms with Gasteiger partial charge in [-0.05, 0) is 18.0 Å². The van der Waals surface area contributed by atoms with Crippen molar-refractivity contribution in [2.75, 3.05) is 0 Å². The Labute approximate surface area is 112 Å². The molecule has 0 amide bonds. The number of allylic oxidation sites excluding steroid dienone is 1. The topological polar surface area (TPSA) is 38.7 Å². The lowest BCUT2D eigenvalue weighted by Gasteiger charge is -2.09. The van der Waals surface area contributed by atoms with E-state index in [9.17, 15) is 0 Å². The molecule has 0 aliphatic carbocycles. The summed E-state index contributed by atoms with van der Waals surface area (Å²) in [4.78, 5) is 12.8. The number of rotatable bonds is 4. The molecule has 3 nitrogen and oxygen atoms in total. The predicted molar refractivity (Wildman–Crippen MR) is 73.5 cm³/mol. The zero-order valence-electron chi connectivity index (χ0n) is 10.2. The van der Waals surface area contributed by atoms with Crippen molar-refractivity contribution in [1.82, 2.24) is 15.0 Å². The quantitative estimate of drug-likeness (QED) is 0.783. The van der Waals surface area contributed by atoms with E-state index in [1.54, 1.807) is 0 Å². The highest BCUT2D eigenvalue weighted by atomic mass is 35.5. The third-order valence-electron chi connectivity index (χ3n) is 2.71. The van der Waals surface area contributed by atoms with Gasteiger partial charge in [-0.25, -0.2) is 9.97 Å². The largest absolute Gasteiger partial charge is 0.226 e. The maximum absolute atomic E-state index is 5.96. The monoisotopic (exact) mass is 259 g/mol. The van der Waals surface area contributed by atoms with E-state index >= 15 is 0 Å². The zero-order chi connectivity index (χ0) is 13.0. The first-order valence-electron chi connectivity index (χ1n) is 5.84. The lowest BCUT2D eigenvalue weighted by molar-refractivity contribution is 0.732. The van der Waals surface area contributed by atoms with Gasteiger partial charge >= 0.3 is 0 Å². The van der Waals surface area contributed by atoms with Gasteiger partial charge < -0.3 is 0 Å². The fourth-order valence-electron chi connectivity index (χ4n) is 1.70. The first-order valence-corrected chi connectivity index (χ1v) is 6.21. The molecule has 1 aromatic carbocycles. The highest BCUT2D eigenvalue weighted by molar-refractivity contribution is 6.28. The summed E-state index contributed by atoms with van der Waals surface area (Å²) in [5, 5.41) is 0.221. The fraction of sp³-hybridized carbons (Fsp3) is 0.214. The number of hydrogen-bond donors (Lipinski definition) is 0. The van der Waals surface area contributed by atoms with E-state index in [0.717, 1.165) is 12.0 Å². The van der Waals surface area contributed by atoms with Crippen LogP contribution in [0.5, 0.6) is 0 Å². The average molecular weight is 260 g/mol. The molecule has 1 atom stereocenters. The molecule has 0 bridgehead atoms. The standard InChI is InChI=1S/C14H14ClN3/c1-3-10(4-2)12-16-13(18-14(15)17-12)11-8-6-5-7-9-11/h3,5-10H,1,4H2,2H3/t10-/m0/s1. The summed E-state index contributed by atoms with van der Waals surface area (Å²) in [6.45, 7) is 5.86. The molecule has 1 heterocycles. The predicted octanol–water partition coefficient (Wildman–Crippen LogP) is 3.87. The maximum Gasteiger partial charge on any atom is 0.226 e. The summed E-state index contributed by atoms with van der Waals surface area (Å²) in [5.41, 5.74) is 0.932. The SMILES string of the molecule is C=C[C@@H](CC)c1nc(Cl)nc(-c2ccccc2)n1. The van der Waals surface area contributed by atoms with Crippen molar-refractivity contribution in [3.8, 4) is 11.4 Å². The van der Waals surface area contributed by atoms with Crippen molar-refractivity contribution in [1.29, 1.82) is 0 Å². The molecule has 0 unspecified atom stereocenters. The highest BCUT2D eigenvalue weighted by Crippen LogP contribution is 2.21. The number of halogens is 1. The van der Waals surface area contributed by atoms with Crippen LogP contribution in [0.15, 0.2) is 43.0 Å². The van der Waals surface area contributed by atoms with E-state index in [-0.39, 0.29) is 11.2 Å². The number of aromatic nitrogens is 3. The van der Waals surface area contributed by atoms with Gasteiger partial charge in [-0.3, -0.25) is 0 Å². The normalized spacial score (nSPS) is 12.1. The molecular formula is C14H14ClN3. The summed E-state index contributed by atoms with van der Waals surface area (Å²) in [7, 11) is 0. The summed E-state index contributed by atoms with van der Waals surface area (Å²) < 4.78 is 0. The molecule has 0 saturated carbocycles. The van der Waals surface area contributed by atoms with E-state index < -0.39 is 0 Å². The van der Waals surface area contributed by atoms with E-state index in [2.05, 4.69) is 28.5 Å². The fourth-order valence-corrected chi connectivity index (χ4v) is 1.87. The van der Waals surface area contributed by atoms with E-state index in [1.807, 2.05) is 36.4 Å². The minimum Gasteiger partial charge on any atom is -0.212 e. The Morgan fingerprint density at radius 1 is 1.22 bits per heavy atom. The van der Waals surface area contributed by atoms with Crippen LogP contribution >= 0.6 is 11.6 Å².